The molecule has 148 valence electrons. The van der Waals surface area contributed by atoms with Gasteiger partial charge in [0.2, 0.25) is 5.95 Å². The SMILES string of the molecule is CC(Nc1nc(N)ncc1C#N)c1cc2cccc(O)c2c(=O)n1-c1ccccc1. The molecule has 0 amide bonds. The first-order valence-electron chi connectivity index (χ1n) is 9.22. The lowest BCUT2D eigenvalue weighted by molar-refractivity contribution is 0.481. The van der Waals surface area contributed by atoms with Gasteiger partial charge in [-0.2, -0.15) is 10.2 Å². The van der Waals surface area contributed by atoms with Crippen LogP contribution in [0.1, 0.15) is 24.2 Å². The maximum atomic E-state index is 13.4. The highest BCUT2D eigenvalue weighted by Gasteiger charge is 2.19. The average molecular weight is 398 g/mol. The van der Waals surface area contributed by atoms with Crippen molar-refractivity contribution in [2.75, 3.05) is 11.1 Å². The van der Waals surface area contributed by atoms with E-state index >= 15 is 0 Å². The topological polar surface area (TPSA) is 130 Å². The predicted molar refractivity (Wildman–Crippen MR) is 114 cm³/mol. The molecule has 0 aliphatic heterocycles. The number of phenolic OH excluding ortho intramolecular Hbond substituents is 1. The molecule has 1 atom stereocenters. The highest BCUT2D eigenvalue weighted by Crippen LogP contribution is 2.28. The van der Waals surface area contributed by atoms with Gasteiger partial charge in [0, 0.05) is 11.4 Å². The van der Waals surface area contributed by atoms with Gasteiger partial charge in [-0.25, -0.2) is 4.98 Å². The number of hydrogen-bond donors (Lipinski definition) is 3. The number of nitrogens with two attached hydrogens (primary N) is 1. The van der Waals surface area contributed by atoms with E-state index < -0.39 is 6.04 Å². The summed E-state index contributed by atoms with van der Waals surface area (Å²) in [5, 5.41) is 23.6. The van der Waals surface area contributed by atoms with Crippen LogP contribution in [0.15, 0.2) is 65.6 Å². The average Bonchev–Trinajstić information content (AvgIpc) is 2.74. The molecule has 0 bridgehead atoms. The number of nitrogen functional groups attached to an aromatic ring is 1. The number of benzene rings is 2. The van der Waals surface area contributed by atoms with Crippen LogP contribution < -0.4 is 16.6 Å². The number of nitrogens with zero attached hydrogens (tertiary/aromatic N) is 4. The van der Waals surface area contributed by atoms with Crippen molar-refractivity contribution in [2.45, 2.75) is 13.0 Å². The van der Waals surface area contributed by atoms with Crippen molar-refractivity contribution in [1.82, 2.24) is 14.5 Å². The molecule has 4 N–H and O–H groups in total. The van der Waals surface area contributed by atoms with Crippen molar-refractivity contribution in [2.24, 2.45) is 0 Å². The highest BCUT2D eigenvalue weighted by atomic mass is 16.3. The Balaban J connectivity index is 1.93. The minimum atomic E-state index is -0.425. The number of aromatic hydroxyl groups is 1. The van der Waals surface area contributed by atoms with E-state index in [1.54, 1.807) is 12.1 Å². The monoisotopic (exact) mass is 398 g/mol. The van der Waals surface area contributed by atoms with Crippen LogP contribution in [0.4, 0.5) is 11.8 Å². The molecule has 30 heavy (non-hydrogen) atoms. The summed E-state index contributed by atoms with van der Waals surface area (Å²) in [6.45, 7) is 1.85. The van der Waals surface area contributed by atoms with Gasteiger partial charge in [0.15, 0.2) is 0 Å². The molecule has 0 fully saturated rings. The van der Waals surface area contributed by atoms with Gasteiger partial charge >= 0.3 is 0 Å². The lowest BCUT2D eigenvalue weighted by atomic mass is 10.1. The van der Waals surface area contributed by atoms with Crippen molar-refractivity contribution in [3.05, 3.63) is 82.4 Å². The van der Waals surface area contributed by atoms with Gasteiger partial charge in [0.25, 0.3) is 5.56 Å². The number of aromatic nitrogens is 3. The zero-order valence-corrected chi connectivity index (χ0v) is 16.1. The molecule has 2 heterocycles. The third-order valence-electron chi connectivity index (χ3n) is 4.79. The summed E-state index contributed by atoms with van der Waals surface area (Å²) in [6.07, 6.45) is 1.35. The standard InChI is InChI=1S/C22H18N6O2/c1-13(26-20-15(11-23)12-25-22(24)27-20)17-10-14-6-5-9-18(29)19(14)21(30)28(17)16-7-3-2-4-8-16/h2-10,12-13,29H,1H3,(H3,24,25,26,27). The maximum Gasteiger partial charge on any atom is 0.267 e. The molecule has 2 aromatic heterocycles. The Hall–Kier alpha value is -4.38. The molecule has 4 rings (SSSR count). The number of anilines is 2. The van der Waals surface area contributed by atoms with E-state index in [2.05, 4.69) is 15.3 Å². The molecule has 4 aromatic rings. The molecule has 0 aliphatic carbocycles. The van der Waals surface area contributed by atoms with Gasteiger partial charge in [-0.05, 0) is 36.6 Å². The van der Waals surface area contributed by atoms with Gasteiger partial charge in [-0.15, -0.1) is 0 Å². The quantitative estimate of drug-likeness (QED) is 0.481. The predicted octanol–water partition coefficient (Wildman–Crippen LogP) is 3.11. The summed E-state index contributed by atoms with van der Waals surface area (Å²) < 4.78 is 1.54. The number of rotatable bonds is 4. The van der Waals surface area contributed by atoms with E-state index in [9.17, 15) is 15.2 Å². The van der Waals surface area contributed by atoms with Crippen molar-refractivity contribution >= 4 is 22.5 Å². The normalized spacial score (nSPS) is 11.7. The third kappa shape index (κ3) is 3.29. The largest absolute Gasteiger partial charge is 0.507 e. The molecule has 8 nitrogen and oxygen atoms in total. The minimum absolute atomic E-state index is 0.0348. The lowest BCUT2D eigenvalue weighted by Crippen LogP contribution is -2.26. The van der Waals surface area contributed by atoms with Gasteiger partial charge < -0.3 is 16.2 Å². The van der Waals surface area contributed by atoms with E-state index in [4.69, 9.17) is 5.73 Å². The summed E-state index contributed by atoms with van der Waals surface area (Å²) >= 11 is 0. The van der Waals surface area contributed by atoms with Crippen LogP contribution in [0, 0.1) is 11.3 Å². The number of nitrogens with one attached hydrogen (secondary N) is 1. The van der Waals surface area contributed by atoms with E-state index in [1.807, 2.05) is 49.4 Å². The number of phenols is 1. The second-order valence-electron chi connectivity index (χ2n) is 6.75. The van der Waals surface area contributed by atoms with Crippen LogP contribution in [0.5, 0.6) is 5.75 Å². The summed E-state index contributed by atoms with van der Waals surface area (Å²) in [6, 6.07) is 17.5. The minimum Gasteiger partial charge on any atom is -0.507 e. The van der Waals surface area contributed by atoms with Crippen LogP contribution in [-0.4, -0.2) is 19.6 Å². The molecule has 0 saturated carbocycles. The fourth-order valence-corrected chi connectivity index (χ4v) is 3.39. The van der Waals surface area contributed by atoms with E-state index in [-0.39, 0.29) is 34.0 Å². The summed E-state index contributed by atoms with van der Waals surface area (Å²) in [5.41, 5.74) is 6.85. The summed E-state index contributed by atoms with van der Waals surface area (Å²) in [5.74, 6) is 0.234. The number of nitriles is 1. The highest BCUT2D eigenvalue weighted by molar-refractivity contribution is 5.88. The van der Waals surface area contributed by atoms with Gasteiger partial charge in [-0.3, -0.25) is 9.36 Å². The van der Waals surface area contributed by atoms with E-state index in [0.29, 0.717) is 16.8 Å². The first-order valence-corrected chi connectivity index (χ1v) is 9.22. The lowest BCUT2D eigenvalue weighted by Gasteiger charge is -2.22. The Bertz CT molecular complexity index is 1340. The number of pyridine rings is 1. The second-order valence-corrected chi connectivity index (χ2v) is 6.75. The number of fused-ring (bicyclic) bond motifs is 1. The number of hydrogen-bond acceptors (Lipinski definition) is 7. The van der Waals surface area contributed by atoms with Gasteiger partial charge in [0.1, 0.15) is 23.2 Å². The molecule has 1 unspecified atom stereocenters. The third-order valence-corrected chi connectivity index (χ3v) is 4.79. The molecular formula is C22H18N6O2. The molecule has 2 aromatic carbocycles. The smallest absolute Gasteiger partial charge is 0.267 e. The van der Waals surface area contributed by atoms with Crippen LogP contribution in [0.3, 0.4) is 0 Å². The Morgan fingerprint density at radius 3 is 2.70 bits per heavy atom. The zero-order chi connectivity index (χ0) is 21.3. The Morgan fingerprint density at radius 1 is 1.20 bits per heavy atom. The Kier molecular flexibility index (Phi) is 4.78. The summed E-state index contributed by atoms with van der Waals surface area (Å²) in [7, 11) is 0. The Morgan fingerprint density at radius 2 is 1.97 bits per heavy atom. The molecule has 0 spiro atoms. The van der Waals surface area contributed by atoms with Crippen LogP contribution in [-0.2, 0) is 0 Å². The number of para-hydroxylation sites is 1. The van der Waals surface area contributed by atoms with Crippen molar-refractivity contribution in [1.29, 1.82) is 5.26 Å². The first kappa shape index (κ1) is 19.0. The van der Waals surface area contributed by atoms with Crippen molar-refractivity contribution in [3.8, 4) is 17.5 Å². The van der Waals surface area contributed by atoms with E-state index in [1.165, 1.54) is 16.8 Å². The molecule has 8 heteroatoms. The maximum absolute atomic E-state index is 13.4. The van der Waals surface area contributed by atoms with Crippen LogP contribution in [0.2, 0.25) is 0 Å². The van der Waals surface area contributed by atoms with Crippen LogP contribution in [0.25, 0.3) is 16.5 Å². The fourth-order valence-electron chi connectivity index (χ4n) is 3.39. The molecule has 0 saturated heterocycles. The van der Waals surface area contributed by atoms with Crippen molar-refractivity contribution in [3.63, 3.8) is 0 Å². The van der Waals surface area contributed by atoms with Crippen LogP contribution >= 0.6 is 0 Å². The molecule has 0 aliphatic rings. The Labute approximate surface area is 171 Å². The fraction of sp³-hybridized carbons (Fsp3) is 0.0909. The second kappa shape index (κ2) is 7.56. The molecule has 0 radical (unpaired) electrons. The van der Waals surface area contributed by atoms with E-state index in [0.717, 1.165) is 0 Å². The van der Waals surface area contributed by atoms with Crippen molar-refractivity contribution < 1.29 is 5.11 Å². The molecular weight excluding hydrogens is 380 g/mol. The first-order chi connectivity index (χ1) is 14.5. The van der Waals surface area contributed by atoms with Gasteiger partial charge in [-0.1, -0.05) is 30.3 Å². The van der Waals surface area contributed by atoms with Gasteiger partial charge in [0.05, 0.1) is 17.6 Å². The zero-order valence-electron chi connectivity index (χ0n) is 16.1. The summed E-state index contributed by atoms with van der Waals surface area (Å²) in [4.78, 5) is 21.3.